The summed E-state index contributed by atoms with van der Waals surface area (Å²) in [6, 6.07) is 10.4. The molecule has 3 rings (SSSR count). The zero-order chi connectivity index (χ0) is 23.6. The first-order chi connectivity index (χ1) is 16.0. The van der Waals surface area contributed by atoms with E-state index in [0.29, 0.717) is 18.8 Å². The number of aromatic nitrogens is 1. The first-order valence-corrected chi connectivity index (χ1v) is 10.9. The fourth-order valence-electron chi connectivity index (χ4n) is 3.35. The van der Waals surface area contributed by atoms with Crippen LogP contribution in [0.4, 0.5) is 11.5 Å². The Kier molecular flexibility index (Phi) is 8.59. The van der Waals surface area contributed by atoms with Gasteiger partial charge in [-0.25, -0.2) is 9.78 Å². The number of carbonyl (C=O) groups is 3. The molecule has 2 N–H and O–H groups in total. The summed E-state index contributed by atoms with van der Waals surface area (Å²) in [7, 11) is 0. The molecule has 0 atom stereocenters. The SMILES string of the molecule is CCN(CC)c1ccc(C(=O)NNC(=O)COC(=O)c2ccc(N3CCOCC3)nc2)cc1. The van der Waals surface area contributed by atoms with Gasteiger partial charge in [0.05, 0.1) is 18.8 Å². The molecule has 0 bridgehead atoms. The number of nitrogens with one attached hydrogen (secondary N) is 2. The van der Waals surface area contributed by atoms with Gasteiger partial charge < -0.3 is 19.3 Å². The van der Waals surface area contributed by atoms with Gasteiger partial charge in [-0.05, 0) is 50.2 Å². The Hall–Kier alpha value is -3.66. The number of carbonyl (C=O) groups excluding carboxylic acids is 3. The zero-order valence-electron chi connectivity index (χ0n) is 18.9. The van der Waals surface area contributed by atoms with Gasteiger partial charge in [-0.1, -0.05) is 0 Å². The van der Waals surface area contributed by atoms with E-state index in [-0.39, 0.29) is 5.56 Å². The van der Waals surface area contributed by atoms with Crippen LogP contribution in [0.15, 0.2) is 42.6 Å². The minimum atomic E-state index is -0.676. The summed E-state index contributed by atoms with van der Waals surface area (Å²) in [6.07, 6.45) is 1.41. The Morgan fingerprint density at radius 1 is 1.00 bits per heavy atom. The first-order valence-electron chi connectivity index (χ1n) is 10.9. The number of rotatable bonds is 8. The van der Waals surface area contributed by atoms with E-state index in [1.165, 1.54) is 6.20 Å². The van der Waals surface area contributed by atoms with Gasteiger partial charge in [-0.2, -0.15) is 0 Å². The van der Waals surface area contributed by atoms with Gasteiger partial charge >= 0.3 is 5.97 Å². The standard InChI is InChI=1S/C23H29N5O5/c1-3-27(4-2)19-8-5-17(6-9-19)22(30)26-25-21(29)16-33-23(31)18-7-10-20(24-15-18)28-11-13-32-14-12-28/h5-10,15H,3-4,11-14,16H2,1-2H3,(H,25,29)(H,26,30). The van der Waals surface area contributed by atoms with E-state index < -0.39 is 24.4 Å². The normalized spacial score (nSPS) is 13.2. The highest BCUT2D eigenvalue weighted by Crippen LogP contribution is 2.15. The van der Waals surface area contributed by atoms with Crippen molar-refractivity contribution in [3.8, 4) is 0 Å². The van der Waals surface area contributed by atoms with Crippen LogP contribution >= 0.6 is 0 Å². The van der Waals surface area contributed by atoms with Crippen LogP contribution < -0.4 is 20.7 Å². The fraction of sp³-hybridized carbons (Fsp3) is 0.391. The van der Waals surface area contributed by atoms with E-state index in [0.717, 1.165) is 37.7 Å². The summed E-state index contributed by atoms with van der Waals surface area (Å²) < 4.78 is 10.3. The molecule has 10 nitrogen and oxygen atoms in total. The number of pyridine rings is 1. The Bertz CT molecular complexity index is 939. The molecule has 2 aromatic rings. The van der Waals surface area contributed by atoms with Crippen LogP contribution in [0, 0.1) is 0 Å². The molecule has 2 amide bonds. The summed E-state index contributed by atoms with van der Waals surface area (Å²) in [6.45, 7) is 8.07. The minimum absolute atomic E-state index is 0.233. The number of benzene rings is 1. The number of anilines is 2. The third kappa shape index (κ3) is 6.66. The van der Waals surface area contributed by atoms with Crippen LogP contribution in [0.25, 0.3) is 0 Å². The van der Waals surface area contributed by atoms with Crippen LogP contribution in [0.2, 0.25) is 0 Å². The highest BCUT2D eigenvalue weighted by Gasteiger charge is 2.15. The molecule has 1 aromatic carbocycles. The summed E-state index contributed by atoms with van der Waals surface area (Å²) in [5.74, 6) is -1.05. The monoisotopic (exact) mass is 455 g/mol. The number of hydrogen-bond donors (Lipinski definition) is 2. The Balaban J connectivity index is 1.42. The molecule has 33 heavy (non-hydrogen) atoms. The minimum Gasteiger partial charge on any atom is -0.452 e. The van der Waals surface area contributed by atoms with Gasteiger partial charge in [0.25, 0.3) is 11.8 Å². The molecule has 0 aliphatic carbocycles. The lowest BCUT2D eigenvalue weighted by Crippen LogP contribution is -2.43. The average molecular weight is 456 g/mol. The Morgan fingerprint density at radius 2 is 1.67 bits per heavy atom. The maximum Gasteiger partial charge on any atom is 0.340 e. The lowest BCUT2D eigenvalue weighted by molar-refractivity contribution is -0.125. The van der Waals surface area contributed by atoms with Crippen LogP contribution in [-0.4, -0.2) is 68.8 Å². The fourth-order valence-corrected chi connectivity index (χ4v) is 3.35. The van der Waals surface area contributed by atoms with E-state index in [9.17, 15) is 14.4 Å². The quantitative estimate of drug-likeness (QED) is 0.454. The van der Waals surface area contributed by atoms with Gasteiger partial charge in [0.1, 0.15) is 5.82 Å². The van der Waals surface area contributed by atoms with Crippen LogP contribution in [0.5, 0.6) is 0 Å². The maximum atomic E-state index is 12.2. The molecule has 176 valence electrons. The molecule has 1 aliphatic rings. The Labute approximate surface area is 192 Å². The summed E-state index contributed by atoms with van der Waals surface area (Å²) in [4.78, 5) is 44.8. The average Bonchev–Trinajstić information content (AvgIpc) is 2.87. The van der Waals surface area contributed by atoms with E-state index in [1.54, 1.807) is 24.3 Å². The van der Waals surface area contributed by atoms with Crippen molar-refractivity contribution >= 4 is 29.3 Å². The molecule has 1 aromatic heterocycles. The maximum absolute atomic E-state index is 12.2. The van der Waals surface area contributed by atoms with Crippen molar-refractivity contribution in [3.63, 3.8) is 0 Å². The molecular weight excluding hydrogens is 426 g/mol. The summed E-state index contributed by atoms with van der Waals surface area (Å²) in [5, 5.41) is 0. The van der Waals surface area contributed by atoms with Gasteiger partial charge in [-0.3, -0.25) is 20.4 Å². The van der Waals surface area contributed by atoms with Crippen molar-refractivity contribution in [2.45, 2.75) is 13.8 Å². The first kappa shape index (κ1) is 24.0. The highest BCUT2D eigenvalue weighted by molar-refractivity contribution is 5.96. The second kappa shape index (κ2) is 11.8. The molecule has 10 heteroatoms. The number of esters is 1. The summed E-state index contributed by atoms with van der Waals surface area (Å²) >= 11 is 0. The zero-order valence-corrected chi connectivity index (χ0v) is 18.9. The number of hydrogen-bond acceptors (Lipinski definition) is 8. The van der Waals surface area contributed by atoms with Crippen LogP contribution in [0.1, 0.15) is 34.6 Å². The molecule has 1 aliphatic heterocycles. The van der Waals surface area contributed by atoms with Crippen LogP contribution in [-0.2, 0) is 14.3 Å². The van der Waals surface area contributed by atoms with Crippen molar-refractivity contribution in [2.24, 2.45) is 0 Å². The predicted molar refractivity (Wildman–Crippen MR) is 123 cm³/mol. The van der Waals surface area contributed by atoms with Gasteiger partial charge in [0.15, 0.2) is 6.61 Å². The third-order valence-corrected chi connectivity index (χ3v) is 5.23. The topological polar surface area (TPSA) is 113 Å². The number of nitrogens with zero attached hydrogens (tertiary/aromatic N) is 3. The number of hydrazine groups is 1. The molecule has 2 heterocycles. The largest absolute Gasteiger partial charge is 0.452 e. The number of ether oxygens (including phenoxy) is 2. The lowest BCUT2D eigenvalue weighted by Gasteiger charge is -2.27. The second-order valence-corrected chi connectivity index (χ2v) is 7.30. The van der Waals surface area contributed by atoms with Crippen LogP contribution in [0.3, 0.4) is 0 Å². The van der Waals surface area contributed by atoms with E-state index in [1.807, 2.05) is 12.1 Å². The van der Waals surface area contributed by atoms with Crippen molar-refractivity contribution in [1.82, 2.24) is 15.8 Å². The van der Waals surface area contributed by atoms with E-state index >= 15 is 0 Å². The molecular formula is C23H29N5O5. The molecule has 0 saturated carbocycles. The van der Waals surface area contributed by atoms with Crippen molar-refractivity contribution in [3.05, 3.63) is 53.7 Å². The Morgan fingerprint density at radius 3 is 2.27 bits per heavy atom. The smallest absolute Gasteiger partial charge is 0.340 e. The van der Waals surface area contributed by atoms with Gasteiger partial charge in [0.2, 0.25) is 0 Å². The number of morpholine rings is 1. The predicted octanol–water partition coefficient (Wildman–Crippen LogP) is 1.38. The molecule has 0 spiro atoms. The van der Waals surface area contributed by atoms with Gasteiger partial charge in [-0.15, -0.1) is 0 Å². The van der Waals surface area contributed by atoms with Gasteiger partial charge in [0, 0.05) is 43.6 Å². The van der Waals surface area contributed by atoms with Crippen molar-refractivity contribution < 1.29 is 23.9 Å². The highest BCUT2D eigenvalue weighted by atomic mass is 16.5. The summed E-state index contributed by atoms with van der Waals surface area (Å²) in [5.41, 5.74) is 6.20. The molecule has 1 saturated heterocycles. The molecule has 0 unspecified atom stereocenters. The van der Waals surface area contributed by atoms with E-state index in [2.05, 4.69) is 39.5 Å². The molecule has 1 fully saturated rings. The second-order valence-electron chi connectivity index (χ2n) is 7.30. The molecule has 0 radical (unpaired) electrons. The van der Waals surface area contributed by atoms with Crippen molar-refractivity contribution in [1.29, 1.82) is 0 Å². The third-order valence-electron chi connectivity index (χ3n) is 5.23. The lowest BCUT2D eigenvalue weighted by atomic mass is 10.2. The number of amides is 2. The van der Waals surface area contributed by atoms with Crippen molar-refractivity contribution in [2.75, 3.05) is 55.8 Å². The van der Waals surface area contributed by atoms with E-state index in [4.69, 9.17) is 9.47 Å².